The van der Waals surface area contributed by atoms with Crippen molar-refractivity contribution in [3.8, 4) is 0 Å². The monoisotopic (exact) mass is 280 g/mol. The SMILES string of the molecule is COC(CCCCSCc1ccccc1)CC(C)=O. The van der Waals surface area contributed by atoms with E-state index < -0.39 is 0 Å². The smallest absolute Gasteiger partial charge is 0.132 e. The fourth-order valence-electron chi connectivity index (χ4n) is 1.96. The molecule has 0 bridgehead atoms. The van der Waals surface area contributed by atoms with Gasteiger partial charge in [-0.1, -0.05) is 36.8 Å². The maximum absolute atomic E-state index is 11.0. The number of carbonyl (C=O) groups excluding carboxylic acids is 1. The van der Waals surface area contributed by atoms with E-state index in [1.165, 1.54) is 17.7 Å². The van der Waals surface area contributed by atoms with Crippen LogP contribution in [0.2, 0.25) is 0 Å². The highest BCUT2D eigenvalue weighted by atomic mass is 32.2. The van der Waals surface area contributed by atoms with Gasteiger partial charge in [-0.15, -0.1) is 0 Å². The molecular weight excluding hydrogens is 256 g/mol. The standard InChI is InChI=1S/C16H24O2S/c1-14(17)12-16(18-2)10-6-7-11-19-13-15-8-4-3-5-9-15/h3-5,8-9,16H,6-7,10-13H2,1-2H3. The number of Topliss-reactive ketones (excluding diaryl/α,β-unsaturated/α-hetero) is 1. The Bertz CT molecular complexity index is 351. The van der Waals surface area contributed by atoms with E-state index in [-0.39, 0.29) is 11.9 Å². The predicted octanol–water partition coefficient (Wildman–Crippen LogP) is 4.08. The van der Waals surface area contributed by atoms with Crippen LogP contribution in [0.15, 0.2) is 30.3 Å². The number of rotatable bonds is 10. The van der Waals surface area contributed by atoms with Gasteiger partial charge >= 0.3 is 0 Å². The van der Waals surface area contributed by atoms with Gasteiger partial charge in [-0.2, -0.15) is 11.8 Å². The van der Waals surface area contributed by atoms with Crippen molar-refractivity contribution < 1.29 is 9.53 Å². The zero-order chi connectivity index (χ0) is 13.9. The molecule has 1 unspecified atom stereocenters. The largest absolute Gasteiger partial charge is 0.381 e. The van der Waals surface area contributed by atoms with Crippen LogP contribution >= 0.6 is 11.8 Å². The zero-order valence-electron chi connectivity index (χ0n) is 11.9. The van der Waals surface area contributed by atoms with Crippen LogP contribution < -0.4 is 0 Å². The van der Waals surface area contributed by atoms with Crippen molar-refractivity contribution in [2.24, 2.45) is 0 Å². The number of methoxy groups -OCH3 is 1. The summed E-state index contributed by atoms with van der Waals surface area (Å²) >= 11 is 1.97. The Hall–Kier alpha value is -0.800. The Kier molecular flexibility index (Phi) is 8.59. The van der Waals surface area contributed by atoms with E-state index in [1.807, 2.05) is 17.8 Å². The van der Waals surface area contributed by atoms with Gasteiger partial charge in [0, 0.05) is 19.3 Å². The molecule has 1 aromatic carbocycles. The van der Waals surface area contributed by atoms with Gasteiger partial charge in [-0.3, -0.25) is 4.79 Å². The Labute approximate surface area is 120 Å². The lowest BCUT2D eigenvalue weighted by atomic mass is 10.1. The van der Waals surface area contributed by atoms with E-state index in [1.54, 1.807) is 14.0 Å². The highest BCUT2D eigenvalue weighted by Crippen LogP contribution is 2.15. The molecule has 0 radical (unpaired) electrons. The minimum absolute atomic E-state index is 0.108. The van der Waals surface area contributed by atoms with Crippen LogP contribution in [0.5, 0.6) is 0 Å². The van der Waals surface area contributed by atoms with Crippen molar-refractivity contribution >= 4 is 17.5 Å². The highest BCUT2D eigenvalue weighted by molar-refractivity contribution is 7.98. The third-order valence-corrected chi connectivity index (χ3v) is 4.14. The molecular formula is C16H24O2S. The third-order valence-electron chi connectivity index (χ3n) is 3.02. The summed E-state index contributed by atoms with van der Waals surface area (Å²) in [5.41, 5.74) is 1.39. The first-order chi connectivity index (χ1) is 9.22. The summed E-state index contributed by atoms with van der Waals surface area (Å²) in [5.74, 6) is 2.47. The Morgan fingerprint density at radius 2 is 2.00 bits per heavy atom. The molecule has 0 aliphatic carbocycles. The van der Waals surface area contributed by atoms with Crippen LogP contribution in [0.25, 0.3) is 0 Å². The third kappa shape index (κ3) is 8.06. The number of hydrogen-bond donors (Lipinski definition) is 0. The predicted molar refractivity (Wildman–Crippen MR) is 82.6 cm³/mol. The van der Waals surface area contributed by atoms with Gasteiger partial charge in [0.25, 0.3) is 0 Å². The number of hydrogen-bond acceptors (Lipinski definition) is 3. The molecule has 0 fully saturated rings. The lowest BCUT2D eigenvalue weighted by Gasteiger charge is -2.13. The van der Waals surface area contributed by atoms with Crippen molar-refractivity contribution in [2.75, 3.05) is 12.9 Å². The van der Waals surface area contributed by atoms with E-state index in [4.69, 9.17) is 4.74 Å². The van der Waals surface area contributed by atoms with Crippen molar-refractivity contribution in [3.05, 3.63) is 35.9 Å². The van der Waals surface area contributed by atoms with Crippen LogP contribution in [0.3, 0.4) is 0 Å². The summed E-state index contributed by atoms with van der Waals surface area (Å²) in [6.45, 7) is 1.63. The van der Waals surface area contributed by atoms with Gasteiger partial charge in [0.15, 0.2) is 0 Å². The van der Waals surface area contributed by atoms with Crippen LogP contribution in [0.1, 0.15) is 38.2 Å². The molecule has 3 heteroatoms. The number of ether oxygens (including phenoxy) is 1. The molecule has 0 aromatic heterocycles. The molecule has 1 rings (SSSR count). The topological polar surface area (TPSA) is 26.3 Å². The minimum atomic E-state index is 0.108. The number of ketones is 1. The number of carbonyl (C=O) groups is 1. The van der Waals surface area contributed by atoms with E-state index in [0.717, 1.165) is 18.6 Å². The average molecular weight is 280 g/mol. The maximum Gasteiger partial charge on any atom is 0.132 e. The quantitative estimate of drug-likeness (QED) is 0.604. The second-order valence-corrected chi connectivity index (χ2v) is 5.90. The van der Waals surface area contributed by atoms with Gasteiger partial charge in [-0.25, -0.2) is 0 Å². The van der Waals surface area contributed by atoms with E-state index in [0.29, 0.717) is 6.42 Å². The first-order valence-corrected chi connectivity index (χ1v) is 8.01. The molecule has 0 N–H and O–H groups in total. The average Bonchev–Trinajstić information content (AvgIpc) is 2.42. The van der Waals surface area contributed by atoms with Crippen LogP contribution in [-0.2, 0) is 15.3 Å². The molecule has 0 aliphatic heterocycles. The summed E-state index contributed by atoms with van der Waals surface area (Å²) in [4.78, 5) is 11.0. The molecule has 1 aromatic rings. The van der Waals surface area contributed by atoms with Crippen LogP contribution in [-0.4, -0.2) is 24.7 Å². The lowest BCUT2D eigenvalue weighted by Crippen LogP contribution is -2.14. The number of thioether (sulfide) groups is 1. The molecule has 0 saturated heterocycles. The molecule has 1 atom stereocenters. The first-order valence-electron chi connectivity index (χ1n) is 6.86. The van der Waals surface area contributed by atoms with Crippen molar-refractivity contribution in [1.82, 2.24) is 0 Å². The summed E-state index contributed by atoms with van der Waals surface area (Å²) in [6, 6.07) is 10.6. The maximum atomic E-state index is 11.0. The summed E-state index contributed by atoms with van der Waals surface area (Å²) in [7, 11) is 1.69. The Morgan fingerprint density at radius 1 is 1.26 bits per heavy atom. The summed E-state index contributed by atoms with van der Waals surface area (Å²) in [6.07, 6.45) is 3.97. The van der Waals surface area contributed by atoms with Crippen molar-refractivity contribution in [2.45, 2.75) is 44.5 Å². The summed E-state index contributed by atoms with van der Waals surface area (Å²) in [5, 5.41) is 0. The molecule has 2 nitrogen and oxygen atoms in total. The van der Waals surface area contributed by atoms with E-state index >= 15 is 0 Å². The number of benzene rings is 1. The lowest BCUT2D eigenvalue weighted by molar-refractivity contribution is -0.119. The fraction of sp³-hybridized carbons (Fsp3) is 0.562. The Morgan fingerprint density at radius 3 is 2.63 bits per heavy atom. The van der Waals surface area contributed by atoms with Gasteiger partial charge in [0.2, 0.25) is 0 Å². The molecule has 19 heavy (non-hydrogen) atoms. The number of unbranched alkanes of at least 4 members (excludes halogenated alkanes) is 1. The summed E-state index contributed by atoms with van der Waals surface area (Å²) < 4.78 is 5.31. The van der Waals surface area contributed by atoms with Crippen molar-refractivity contribution in [3.63, 3.8) is 0 Å². The normalized spacial score (nSPS) is 12.3. The zero-order valence-corrected chi connectivity index (χ0v) is 12.7. The van der Waals surface area contributed by atoms with Gasteiger partial charge < -0.3 is 4.74 Å². The van der Waals surface area contributed by atoms with Gasteiger partial charge in [0.05, 0.1) is 6.10 Å². The second-order valence-electron chi connectivity index (χ2n) is 4.80. The molecule has 0 aliphatic rings. The molecule has 0 spiro atoms. The van der Waals surface area contributed by atoms with Gasteiger partial charge in [0.1, 0.15) is 5.78 Å². The van der Waals surface area contributed by atoms with Crippen LogP contribution in [0, 0.1) is 0 Å². The van der Waals surface area contributed by atoms with E-state index in [9.17, 15) is 4.79 Å². The molecule has 0 saturated carbocycles. The Balaban J connectivity index is 2.03. The fourth-order valence-corrected chi connectivity index (χ4v) is 2.94. The molecule has 0 heterocycles. The highest BCUT2D eigenvalue weighted by Gasteiger charge is 2.09. The first kappa shape index (κ1) is 16.3. The van der Waals surface area contributed by atoms with E-state index in [2.05, 4.69) is 24.3 Å². The minimum Gasteiger partial charge on any atom is -0.381 e. The second kappa shape index (κ2) is 10.0. The molecule has 106 valence electrons. The molecule has 0 amide bonds. The van der Waals surface area contributed by atoms with Crippen LogP contribution in [0.4, 0.5) is 0 Å². The van der Waals surface area contributed by atoms with Gasteiger partial charge in [-0.05, 0) is 31.1 Å². The van der Waals surface area contributed by atoms with Crippen molar-refractivity contribution in [1.29, 1.82) is 0 Å².